The minimum Gasteiger partial charge on any atom is -0.494 e. The first kappa shape index (κ1) is 15.1. The Labute approximate surface area is 139 Å². The minimum atomic E-state index is -0.822. The predicted octanol–water partition coefficient (Wildman–Crippen LogP) is -0.565. The molecule has 9 heteroatoms. The van der Waals surface area contributed by atoms with Crippen molar-refractivity contribution < 1.29 is 14.6 Å². The van der Waals surface area contributed by atoms with Gasteiger partial charge in [0.05, 0.1) is 23.6 Å². The molecule has 0 bridgehead atoms. The Hall–Kier alpha value is -3.46. The topological polar surface area (TPSA) is 137 Å². The van der Waals surface area contributed by atoms with Crippen LogP contribution < -0.4 is 16.6 Å². The number of carbonyl (C=O) groups is 1. The second-order valence-electron chi connectivity index (χ2n) is 5.46. The number of aliphatic imine (C=N–C) groups is 1. The highest BCUT2D eigenvalue weighted by Crippen LogP contribution is 2.34. The molecule has 2 aromatic rings. The van der Waals surface area contributed by atoms with Gasteiger partial charge in [0.2, 0.25) is 5.88 Å². The number of nitrogens with one attached hydrogen (secondary N) is 3. The average Bonchev–Trinajstić information content (AvgIpc) is 2.94. The van der Waals surface area contributed by atoms with Crippen LogP contribution in [0.2, 0.25) is 0 Å². The first-order valence-corrected chi connectivity index (χ1v) is 7.40. The molecule has 0 aliphatic carbocycles. The molecule has 4 rings (SSSR count). The van der Waals surface area contributed by atoms with Gasteiger partial charge in [0.15, 0.2) is 0 Å². The van der Waals surface area contributed by atoms with E-state index < -0.39 is 17.1 Å². The van der Waals surface area contributed by atoms with Gasteiger partial charge >= 0.3 is 5.69 Å². The Morgan fingerprint density at radius 2 is 1.84 bits per heavy atom. The molecule has 0 spiro atoms. The molecular weight excluding hydrogens is 328 g/mol. The molecule has 0 radical (unpaired) electrons. The van der Waals surface area contributed by atoms with Crippen LogP contribution in [0.3, 0.4) is 0 Å². The van der Waals surface area contributed by atoms with Crippen LogP contribution in [0.4, 0.5) is 0 Å². The molecule has 0 saturated carbocycles. The summed E-state index contributed by atoms with van der Waals surface area (Å²) in [6.07, 6.45) is 0. The molecule has 2 aliphatic heterocycles. The van der Waals surface area contributed by atoms with Crippen molar-refractivity contribution in [1.82, 2.24) is 15.3 Å². The first-order chi connectivity index (χ1) is 12.1. The highest BCUT2D eigenvalue weighted by molar-refractivity contribution is 6.22. The van der Waals surface area contributed by atoms with Gasteiger partial charge in [-0.25, -0.2) is 9.79 Å². The zero-order chi connectivity index (χ0) is 17.6. The Morgan fingerprint density at radius 1 is 1.08 bits per heavy atom. The molecule has 0 atom stereocenters. The fraction of sp³-hybridized carbons (Fsp3) is 0.125. The molecule has 2 aliphatic rings. The summed E-state index contributed by atoms with van der Waals surface area (Å²) in [7, 11) is 0. The van der Waals surface area contributed by atoms with Gasteiger partial charge in [-0.3, -0.25) is 19.6 Å². The van der Waals surface area contributed by atoms with E-state index in [1.807, 2.05) is 0 Å². The Balaban J connectivity index is 2.00. The average molecular weight is 340 g/mol. The van der Waals surface area contributed by atoms with Gasteiger partial charge in [0.25, 0.3) is 11.5 Å². The lowest BCUT2D eigenvalue weighted by Gasteiger charge is -2.17. The predicted molar refractivity (Wildman–Crippen MR) is 87.3 cm³/mol. The van der Waals surface area contributed by atoms with Gasteiger partial charge in [-0.05, 0) is 0 Å². The Morgan fingerprint density at radius 3 is 2.56 bits per heavy atom. The number of hydrogen-bond donors (Lipinski definition) is 4. The van der Waals surface area contributed by atoms with E-state index in [9.17, 15) is 19.5 Å². The monoisotopic (exact) mass is 340 g/mol. The third kappa shape index (κ3) is 2.37. The van der Waals surface area contributed by atoms with E-state index in [1.165, 1.54) is 0 Å². The van der Waals surface area contributed by atoms with E-state index >= 15 is 0 Å². The van der Waals surface area contributed by atoms with Crippen LogP contribution in [0.1, 0.15) is 16.7 Å². The van der Waals surface area contributed by atoms with Gasteiger partial charge in [-0.15, -0.1) is 0 Å². The number of H-pyrrole nitrogens is 2. The first-order valence-electron chi connectivity index (χ1n) is 7.40. The number of aromatic hydroxyl groups is 1. The molecular formula is C16H12N4O5. The lowest BCUT2D eigenvalue weighted by Crippen LogP contribution is -2.35. The third-order valence-corrected chi connectivity index (χ3v) is 3.96. The minimum absolute atomic E-state index is 0.0836. The molecule has 1 amide bonds. The smallest absolute Gasteiger partial charge is 0.328 e. The lowest BCUT2D eigenvalue weighted by molar-refractivity contribution is -0.122. The summed E-state index contributed by atoms with van der Waals surface area (Å²) in [5, 5.41) is 12.6. The standard InChI is InChI=1S/C16H12N4O5/c21-13-9(5-25-6-17-13)11-7-3-1-2-4-8(7)12(18-11)10-14(22)19-16(24)20-15(10)23/h1-4H,5-6H2,(H,17,21)(H3,19,20,22,23,24)/b11-9-. The number of nitrogens with zero attached hydrogens (tertiary/aromatic N) is 1. The Bertz CT molecular complexity index is 1080. The summed E-state index contributed by atoms with van der Waals surface area (Å²) in [6, 6.07) is 6.99. The van der Waals surface area contributed by atoms with Crippen molar-refractivity contribution in [3.05, 3.63) is 67.4 Å². The van der Waals surface area contributed by atoms with Crippen molar-refractivity contribution in [2.24, 2.45) is 4.99 Å². The number of fused-ring (bicyclic) bond motifs is 1. The van der Waals surface area contributed by atoms with Gasteiger partial charge in [-0.2, -0.15) is 0 Å². The summed E-state index contributed by atoms with van der Waals surface area (Å²) >= 11 is 0. The maximum Gasteiger partial charge on any atom is 0.328 e. The van der Waals surface area contributed by atoms with E-state index in [0.717, 1.165) is 0 Å². The number of benzene rings is 1. The van der Waals surface area contributed by atoms with Crippen LogP contribution in [-0.4, -0.2) is 40.0 Å². The molecule has 9 nitrogen and oxygen atoms in total. The van der Waals surface area contributed by atoms with E-state index in [0.29, 0.717) is 22.4 Å². The van der Waals surface area contributed by atoms with Crippen LogP contribution in [0, 0.1) is 0 Å². The normalized spacial score (nSPS) is 19.4. The van der Waals surface area contributed by atoms with Gasteiger partial charge < -0.3 is 15.2 Å². The molecule has 3 heterocycles. The van der Waals surface area contributed by atoms with Gasteiger partial charge in [0.1, 0.15) is 12.3 Å². The van der Waals surface area contributed by atoms with Crippen LogP contribution >= 0.6 is 0 Å². The molecule has 4 N–H and O–H groups in total. The number of carbonyl (C=O) groups excluding carboxylic acids is 1. The quantitative estimate of drug-likeness (QED) is 0.516. The highest BCUT2D eigenvalue weighted by Gasteiger charge is 2.30. The molecule has 1 saturated heterocycles. The maximum atomic E-state index is 12.2. The summed E-state index contributed by atoms with van der Waals surface area (Å²) in [4.78, 5) is 44.2. The molecule has 1 fully saturated rings. The van der Waals surface area contributed by atoms with Crippen LogP contribution in [-0.2, 0) is 9.53 Å². The number of amides is 1. The van der Waals surface area contributed by atoms with Crippen molar-refractivity contribution in [3.63, 3.8) is 0 Å². The van der Waals surface area contributed by atoms with Crippen molar-refractivity contribution in [1.29, 1.82) is 0 Å². The van der Waals surface area contributed by atoms with Crippen LogP contribution in [0.5, 0.6) is 5.88 Å². The summed E-state index contributed by atoms with van der Waals surface area (Å²) in [6.45, 7) is 0.203. The van der Waals surface area contributed by atoms with Gasteiger partial charge in [-0.1, -0.05) is 24.3 Å². The number of ether oxygens (including phenoxy) is 1. The molecule has 1 aromatic carbocycles. The van der Waals surface area contributed by atoms with Crippen molar-refractivity contribution in [2.75, 3.05) is 13.3 Å². The van der Waals surface area contributed by atoms with Crippen molar-refractivity contribution in [2.45, 2.75) is 0 Å². The zero-order valence-corrected chi connectivity index (χ0v) is 12.8. The maximum absolute atomic E-state index is 12.2. The van der Waals surface area contributed by atoms with Crippen molar-refractivity contribution >= 4 is 17.3 Å². The molecule has 25 heavy (non-hydrogen) atoms. The fourth-order valence-electron chi connectivity index (χ4n) is 2.86. The number of rotatable bonds is 1. The zero-order valence-electron chi connectivity index (χ0n) is 12.8. The fourth-order valence-corrected chi connectivity index (χ4v) is 2.86. The highest BCUT2D eigenvalue weighted by atomic mass is 16.5. The number of aromatic amines is 2. The number of aromatic nitrogens is 2. The van der Waals surface area contributed by atoms with Gasteiger partial charge in [0, 0.05) is 11.1 Å². The summed E-state index contributed by atoms with van der Waals surface area (Å²) in [5.74, 6) is -0.890. The largest absolute Gasteiger partial charge is 0.494 e. The number of hydrogen-bond acceptors (Lipinski definition) is 6. The Kier molecular flexibility index (Phi) is 3.36. The SMILES string of the molecule is O=C1NCOC/C1=C1/N=C(c2c(O)[nH]c(=O)[nH]c2=O)c2ccccc21. The summed E-state index contributed by atoms with van der Waals surface area (Å²) < 4.78 is 5.26. The van der Waals surface area contributed by atoms with Crippen LogP contribution in [0.25, 0.3) is 5.70 Å². The second kappa shape index (κ2) is 5.56. The van der Waals surface area contributed by atoms with Crippen molar-refractivity contribution in [3.8, 4) is 5.88 Å². The van der Waals surface area contributed by atoms with E-state index in [1.54, 1.807) is 24.3 Å². The molecule has 0 unspecified atom stereocenters. The van der Waals surface area contributed by atoms with E-state index in [4.69, 9.17) is 4.74 Å². The van der Waals surface area contributed by atoms with Crippen LogP contribution in [0.15, 0.2) is 44.4 Å². The third-order valence-electron chi connectivity index (χ3n) is 3.96. The second-order valence-corrected chi connectivity index (χ2v) is 5.46. The molecule has 126 valence electrons. The summed E-state index contributed by atoms with van der Waals surface area (Å²) in [5.41, 5.74) is 0.310. The molecule has 1 aromatic heterocycles. The lowest BCUT2D eigenvalue weighted by atomic mass is 9.99. The van der Waals surface area contributed by atoms with E-state index in [2.05, 4.69) is 20.3 Å². The van der Waals surface area contributed by atoms with E-state index in [-0.39, 0.29) is 30.5 Å².